The van der Waals surface area contributed by atoms with Crippen molar-refractivity contribution in [1.82, 2.24) is 10.3 Å². The first-order chi connectivity index (χ1) is 9.70. The van der Waals surface area contributed by atoms with E-state index in [-0.39, 0.29) is 6.04 Å². The Labute approximate surface area is 124 Å². The number of rotatable bonds is 6. The number of halogens is 1. The first-order valence-electron chi connectivity index (χ1n) is 6.76. The fourth-order valence-corrected chi connectivity index (χ4v) is 2.11. The molecule has 0 spiro atoms. The fraction of sp³-hybridized carbons (Fsp3) is 0.312. The zero-order valence-electron chi connectivity index (χ0n) is 11.8. The average molecular weight is 291 g/mol. The van der Waals surface area contributed by atoms with Gasteiger partial charge in [0.25, 0.3) is 0 Å². The van der Waals surface area contributed by atoms with Crippen LogP contribution in [0.1, 0.15) is 31.1 Å². The van der Waals surface area contributed by atoms with Gasteiger partial charge in [0.05, 0.1) is 11.9 Å². The second-order valence-corrected chi connectivity index (χ2v) is 4.99. The summed E-state index contributed by atoms with van der Waals surface area (Å²) in [4.78, 5) is 4.41. The van der Waals surface area contributed by atoms with Crippen molar-refractivity contribution in [3.63, 3.8) is 0 Å². The molecule has 1 N–H and O–H groups in total. The van der Waals surface area contributed by atoms with E-state index in [0.29, 0.717) is 6.61 Å². The van der Waals surface area contributed by atoms with Gasteiger partial charge in [-0.05, 0) is 31.7 Å². The number of hydrogen-bond donors (Lipinski definition) is 1. The summed E-state index contributed by atoms with van der Waals surface area (Å²) >= 11 is 6.09. The number of hydrogen-bond acceptors (Lipinski definition) is 3. The highest BCUT2D eigenvalue weighted by Gasteiger charge is 2.05. The van der Waals surface area contributed by atoms with E-state index in [9.17, 15) is 0 Å². The molecule has 0 aliphatic heterocycles. The van der Waals surface area contributed by atoms with E-state index in [1.54, 1.807) is 6.20 Å². The molecule has 0 saturated heterocycles. The van der Waals surface area contributed by atoms with Crippen molar-refractivity contribution in [2.75, 3.05) is 6.54 Å². The third-order valence-corrected chi connectivity index (χ3v) is 3.43. The van der Waals surface area contributed by atoms with E-state index in [1.165, 1.54) is 0 Å². The summed E-state index contributed by atoms with van der Waals surface area (Å²) in [7, 11) is 0. The van der Waals surface area contributed by atoms with Crippen molar-refractivity contribution in [1.29, 1.82) is 0 Å². The molecule has 0 aliphatic carbocycles. The number of pyridine rings is 1. The van der Waals surface area contributed by atoms with Crippen molar-refractivity contribution in [2.24, 2.45) is 0 Å². The number of aromatic nitrogens is 1. The maximum Gasteiger partial charge on any atom is 0.138 e. The van der Waals surface area contributed by atoms with Crippen LogP contribution in [0.2, 0.25) is 5.02 Å². The lowest BCUT2D eigenvalue weighted by atomic mass is 10.2. The first-order valence-corrected chi connectivity index (χ1v) is 7.14. The minimum atomic E-state index is 0.248. The molecule has 0 aliphatic rings. The zero-order chi connectivity index (χ0) is 14.4. The van der Waals surface area contributed by atoms with Crippen molar-refractivity contribution in [3.8, 4) is 5.75 Å². The summed E-state index contributed by atoms with van der Waals surface area (Å²) in [5, 5.41) is 4.05. The monoisotopic (exact) mass is 290 g/mol. The number of nitrogens with zero attached hydrogens (tertiary/aromatic N) is 1. The highest BCUT2D eigenvalue weighted by atomic mass is 35.5. The lowest BCUT2D eigenvalue weighted by Crippen LogP contribution is -2.18. The molecule has 2 rings (SSSR count). The van der Waals surface area contributed by atoms with Gasteiger partial charge in [0.1, 0.15) is 12.4 Å². The third kappa shape index (κ3) is 3.95. The van der Waals surface area contributed by atoms with Crippen molar-refractivity contribution in [3.05, 3.63) is 58.9 Å². The van der Waals surface area contributed by atoms with E-state index in [2.05, 4.69) is 24.1 Å². The summed E-state index contributed by atoms with van der Waals surface area (Å²) in [6.07, 6.45) is 1.75. The largest absolute Gasteiger partial charge is 0.487 e. The van der Waals surface area contributed by atoms with Crippen LogP contribution < -0.4 is 10.1 Å². The van der Waals surface area contributed by atoms with Crippen LogP contribution in [-0.2, 0) is 6.61 Å². The van der Waals surface area contributed by atoms with E-state index in [4.69, 9.17) is 16.3 Å². The molecule has 3 nitrogen and oxygen atoms in total. The van der Waals surface area contributed by atoms with Crippen LogP contribution in [0.15, 0.2) is 42.6 Å². The lowest BCUT2D eigenvalue weighted by Gasteiger charge is -2.12. The molecule has 1 atom stereocenters. The van der Waals surface area contributed by atoms with Gasteiger partial charge in [-0.25, -0.2) is 0 Å². The normalized spacial score (nSPS) is 12.2. The Kier molecular flexibility index (Phi) is 5.39. The average Bonchev–Trinajstić information content (AvgIpc) is 2.47. The maximum atomic E-state index is 6.09. The molecular formula is C16H19ClN2O. The summed E-state index contributed by atoms with van der Waals surface area (Å²) in [6.45, 7) is 5.55. The van der Waals surface area contributed by atoms with Gasteiger partial charge >= 0.3 is 0 Å². The van der Waals surface area contributed by atoms with Gasteiger partial charge in [0, 0.05) is 16.6 Å². The molecule has 4 heteroatoms. The predicted octanol–water partition coefficient (Wildman–Crippen LogP) is 3.98. The maximum absolute atomic E-state index is 6.09. The molecule has 0 radical (unpaired) electrons. The van der Waals surface area contributed by atoms with Crippen molar-refractivity contribution < 1.29 is 4.74 Å². The van der Waals surface area contributed by atoms with Crippen LogP contribution in [-0.4, -0.2) is 11.5 Å². The van der Waals surface area contributed by atoms with Gasteiger partial charge in [0.2, 0.25) is 0 Å². The third-order valence-electron chi connectivity index (χ3n) is 3.07. The second-order valence-electron chi connectivity index (χ2n) is 4.58. The molecule has 1 aromatic heterocycles. The van der Waals surface area contributed by atoms with Crippen LogP contribution in [0.5, 0.6) is 5.75 Å². The van der Waals surface area contributed by atoms with Gasteiger partial charge in [-0.2, -0.15) is 0 Å². The number of ether oxygens (including phenoxy) is 1. The summed E-state index contributed by atoms with van der Waals surface area (Å²) in [5.74, 6) is 0.748. The summed E-state index contributed by atoms with van der Waals surface area (Å²) in [6, 6.07) is 11.8. The van der Waals surface area contributed by atoms with Crippen LogP contribution in [0.4, 0.5) is 0 Å². The van der Waals surface area contributed by atoms with Gasteiger partial charge in [-0.1, -0.05) is 36.7 Å². The quantitative estimate of drug-likeness (QED) is 0.873. The Balaban J connectivity index is 1.96. The molecule has 106 valence electrons. The Morgan fingerprint density at radius 1 is 1.25 bits per heavy atom. The predicted molar refractivity (Wildman–Crippen MR) is 82.1 cm³/mol. The molecule has 0 amide bonds. The highest BCUT2D eigenvalue weighted by Crippen LogP contribution is 2.19. The Hall–Kier alpha value is -1.58. The topological polar surface area (TPSA) is 34.1 Å². The molecule has 1 aromatic carbocycles. The molecule has 0 saturated carbocycles. The van der Waals surface area contributed by atoms with Gasteiger partial charge in [0.15, 0.2) is 0 Å². The Morgan fingerprint density at radius 2 is 2.05 bits per heavy atom. The van der Waals surface area contributed by atoms with Crippen LogP contribution >= 0.6 is 11.6 Å². The number of benzene rings is 1. The molecule has 1 heterocycles. The van der Waals surface area contributed by atoms with Gasteiger partial charge < -0.3 is 10.1 Å². The smallest absolute Gasteiger partial charge is 0.138 e. The van der Waals surface area contributed by atoms with E-state index >= 15 is 0 Å². The zero-order valence-corrected chi connectivity index (χ0v) is 12.5. The van der Waals surface area contributed by atoms with Crippen LogP contribution in [0.25, 0.3) is 0 Å². The molecule has 0 bridgehead atoms. The summed E-state index contributed by atoms with van der Waals surface area (Å²) in [5.41, 5.74) is 1.98. The molecular weight excluding hydrogens is 272 g/mol. The minimum Gasteiger partial charge on any atom is -0.487 e. The van der Waals surface area contributed by atoms with Crippen molar-refractivity contribution in [2.45, 2.75) is 26.5 Å². The lowest BCUT2D eigenvalue weighted by molar-refractivity contribution is 0.304. The Bertz CT molecular complexity index is 542. The SMILES string of the molecule is CCNC(C)c1ccc(OCc2ccccc2Cl)cn1. The standard InChI is InChI=1S/C16H19ClN2O/c1-3-18-12(2)16-9-8-14(10-19-16)20-11-13-6-4-5-7-15(13)17/h4-10,12,18H,3,11H2,1-2H3. The highest BCUT2D eigenvalue weighted by molar-refractivity contribution is 6.31. The van der Waals surface area contributed by atoms with Gasteiger partial charge in [-0.15, -0.1) is 0 Å². The minimum absolute atomic E-state index is 0.248. The van der Waals surface area contributed by atoms with Crippen molar-refractivity contribution >= 4 is 11.6 Å². The molecule has 20 heavy (non-hydrogen) atoms. The second kappa shape index (κ2) is 7.27. The van der Waals surface area contributed by atoms with E-state index in [1.807, 2.05) is 36.4 Å². The van der Waals surface area contributed by atoms with Crippen LogP contribution in [0.3, 0.4) is 0 Å². The molecule has 2 aromatic rings. The van der Waals surface area contributed by atoms with Gasteiger partial charge in [-0.3, -0.25) is 4.98 Å². The molecule has 0 fully saturated rings. The summed E-state index contributed by atoms with van der Waals surface area (Å²) < 4.78 is 5.70. The van der Waals surface area contributed by atoms with E-state index in [0.717, 1.165) is 28.6 Å². The Morgan fingerprint density at radius 3 is 2.70 bits per heavy atom. The first kappa shape index (κ1) is 14.8. The number of nitrogens with one attached hydrogen (secondary N) is 1. The fourth-order valence-electron chi connectivity index (χ4n) is 1.92. The van der Waals surface area contributed by atoms with E-state index < -0.39 is 0 Å². The van der Waals surface area contributed by atoms with Crippen LogP contribution in [0, 0.1) is 0 Å². The molecule has 1 unspecified atom stereocenters.